The van der Waals surface area contributed by atoms with E-state index < -0.39 is 0 Å². The molecule has 2 fully saturated rings. The predicted octanol–water partition coefficient (Wildman–Crippen LogP) is 3.36. The lowest BCUT2D eigenvalue weighted by molar-refractivity contribution is 0.00178. The first-order valence-electron chi connectivity index (χ1n) is 5.29. The van der Waals surface area contributed by atoms with Gasteiger partial charge in [-0.3, -0.25) is 0 Å². The number of rotatable bonds is 2. The highest BCUT2D eigenvalue weighted by molar-refractivity contribution is 5.11. The van der Waals surface area contributed by atoms with Gasteiger partial charge in [0.15, 0.2) is 0 Å². The van der Waals surface area contributed by atoms with Crippen molar-refractivity contribution in [1.82, 2.24) is 0 Å². The molecule has 0 aliphatic heterocycles. The highest BCUT2D eigenvalue weighted by Gasteiger charge is 2.62. The summed E-state index contributed by atoms with van der Waals surface area (Å²) in [6.45, 7) is 10.8. The first kappa shape index (κ1) is 9.11. The van der Waals surface area contributed by atoms with Crippen LogP contribution in [0.1, 0.15) is 40.0 Å². The van der Waals surface area contributed by atoms with Crippen molar-refractivity contribution in [3.8, 4) is 0 Å². The van der Waals surface area contributed by atoms with Crippen LogP contribution in [0.25, 0.3) is 0 Å². The Bertz CT molecular complexity index is 231. The highest BCUT2D eigenvalue weighted by atomic mass is 16.5. The van der Waals surface area contributed by atoms with E-state index >= 15 is 0 Å². The summed E-state index contributed by atoms with van der Waals surface area (Å²) in [5, 5.41) is 0. The van der Waals surface area contributed by atoms with Crippen LogP contribution in [0.2, 0.25) is 0 Å². The van der Waals surface area contributed by atoms with Gasteiger partial charge < -0.3 is 4.74 Å². The van der Waals surface area contributed by atoms with E-state index in [1.54, 1.807) is 6.26 Å². The molecule has 2 aliphatic rings. The van der Waals surface area contributed by atoms with E-state index in [4.69, 9.17) is 4.74 Å². The average molecular weight is 180 g/mol. The molecule has 2 rings (SSSR count). The molecule has 13 heavy (non-hydrogen) atoms. The summed E-state index contributed by atoms with van der Waals surface area (Å²) in [6, 6.07) is 0. The summed E-state index contributed by atoms with van der Waals surface area (Å²) >= 11 is 0. The molecular weight excluding hydrogens is 160 g/mol. The van der Waals surface area contributed by atoms with Gasteiger partial charge in [-0.15, -0.1) is 0 Å². The maximum absolute atomic E-state index is 5.64. The summed E-state index contributed by atoms with van der Waals surface area (Å²) in [6.07, 6.45) is 5.98. The zero-order valence-electron chi connectivity index (χ0n) is 8.97. The SMILES string of the molecule is C=CO[C@H]1C[C@H]2CC[C@]1(C)C2(C)C. The van der Waals surface area contributed by atoms with Gasteiger partial charge in [0, 0.05) is 5.41 Å². The summed E-state index contributed by atoms with van der Waals surface area (Å²) in [5.74, 6) is 0.863. The van der Waals surface area contributed by atoms with E-state index in [0.29, 0.717) is 16.9 Å². The second kappa shape index (κ2) is 2.52. The van der Waals surface area contributed by atoms with Crippen LogP contribution in [0, 0.1) is 16.7 Å². The van der Waals surface area contributed by atoms with Crippen molar-refractivity contribution in [2.24, 2.45) is 16.7 Å². The molecule has 0 saturated heterocycles. The fraction of sp³-hybridized carbons (Fsp3) is 0.833. The van der Waals surface area contributed by atoms with Crippen LogP contribution in [-0.2, 0) is 4.74 Å². The average Bonchev–Trinajstić information content (AvgIpc) is 2.37. The van der Waals surface area contributed by atoms with Crippen molar-refractivity contribution in [1.29, 1.82) is 0 Å². The molecule has 0 N–H and O–H groups in total. The summed E-state index contributed by atoms with van der Waals surface area (Å²) in [4.78, 5) is 0. The molecule has 0 aromatic carbocycles. The number of hydrogen-bond donors (Lipinski definition) is 0. The van der Waals surface area contributed by atoms with Gasteiger partial charge in [-0.05, 0) is 30.6 Å². The van der Waals surface area contributed by atoms with Gasteiger partial charge in [-0.2, -0.15) is 0 Å². The second-order valence-corrected chi connectivity index (χ2v) is 5.40. The van der Waals surface area contributed by atoms with E-state index in [9.17, 15) is 0 Å². The highest BCUT2D eigenvalue weighted by Crippen LogP contribution is 2.66. The van der Waals surface area contributed by atoms with Gasteiger partial charge in [0.2, 0.25) is 0 Å². The Kier molecular flexibility index (Phi) is 1.77. The molecule has 74 valence electrons. The largest absolute Gasteiger partial charge is 0.498 e. The van der Waals surface area contributed by atoms with Crippen molar-refractivity contribution < 1.29 is 4.74 Å². The van der Waals surface area contributed by atoms with E-state index in [0.717, 1.165) is 5.92 Å². The monoisotopic (exact) mass is 180 g/mol. The predicted molar refractivity (Wildman–Crippen MR) is 54.3 cm³/mol. The molecule has 0 heterocycles. The number of fused-ring (bicyclic) bond motifs is 2. The van der Waals surface area contributed by atoms with E-state index in [2.05, 4.69) is 27.4 Å². The van der Waals surface area contributed by atoms with Crippen LogP contribution in [0.5, 0.6) is 0 Å². The van der Waals surface area contributed by atoms with Crippen LogP contribution in [-0.4, -0.2) is 6.10 Å². The molecular formula is C12H20O. The third-order valence-electron chi connectivity index (χ3n) is 4.97. The minimum Gasteiger partial charge on any atom is -0.498 e. The standard InChI is InChI=1S/C12H20O/c1-5-13-10-8-9-6-7-12(10,4)11(9,2)3/h5,9-10H,1,6-8H2,2-4H3/t9-,10+,12+/m1/s1. The smallest absolute Gasteiger partial charge is 0.104 e. The molecule has 2 aliphatic carbocycles. The molecule has 3 atom stereocenters. The topological polar surface area (TPSA) is 9.23 Å². The summed E-state index contributed by atoms with van der Waals surface area (Å²) in [5.41, 5.74) is 0.840. The lowest BCUT2D eigenvalue weighted by Gasteiger charge is -2.38. The van der Waals surface area contributed by atoms with Crippen LogP contribution in [0.15, 0.2) is 12.8 Å². The van der Waals surface area contributed by atoms with Crippen molar-refractivity contribution in [3.63, 3.8) is 0 Å². The molecule has 0 amide bonds. The van der Waals surface area contributed by atoms with Crippen LogP contribution in [0.3, 0.4) is 0 Å². The maximum Gasteiger partial charge on any atom is 0.104 e. The zero-order chi connectivity index (χ0) is 9.69. The maximum atomic E-state index is 5.64. The Hall–Kier alpha value is -0.460. The Labute approximate surface area is 81.2 Å². The molecule has 2 bridgehead atoms. The van der Waals surface area contributed by atoms with Gasteiger partial charge >= 0.3 is 0 Å². The number of ether oxygens (including phenoxy) is 1. The minimum absolute atomic E-state index is 0.381. The third kappa shape index (κ3) is 0.934. The van der Waals surface area contributed by atoms with Gasteiger partial charge in [-0.1, -0.05) is 27.4 Å². The molecule has 0 unspecified atom stereocenters. The fourth-order valence-corrected chi connectivity index (χ4v) is 3.45. The molecule has 1 nitrogen and oxygen atoms in total. The summed E-state index contributed by atoms with van der Waals surface area (Å²) < 4.78 is 5.64. The quantitative estimate of drug-likeness (QED) is 0.592. The fourth-order valence-electron chi connectivity index (χ4n) is 3.45. The molecule has 0 spiro atoms. The van der Waals surface area contributed by atoms with Crippen molar-refractivity contribution in [2.45, 2.75) is 46.1 Å². The van der Waals surface area contributed by atoms with Crippen LogP contribution < -0.4 is 0 Å². The molecule has 1 heteroatoms. The van der Waals surface area contributed by atoms with Gasteiger partial charge in [0.25, 0.3) is 0 Å². The van der Waals surface area contributed by atoms with Gasteiger partial charge in [0.05, 0.1) is 6.26 Å². The lowest BCUT2D eigenvalue weighted by Crippen LogP contribution is -2.36. The van der Waals surface area contributed by atoms with E-state index in [1.165, 1.54) is 19.3 Å². The van der Waals surface area contributed by atoms with Crippen LogP contribution >= 0.6 is 0 Å². The normalized spacial score (nSPS) is 46.4. The van der Waals surface area contributed by atoms with Gasteiger partial charge in [0.1, 0.15) is 6.10 Å². The minimum atomic E-state index is 0.381. The Morgan fingerprint density at radius 1 is 1.38 bits per heavy atom. The molecule has 0 radical (unpaired) electrons. The molecule has 0 aromatic rings. The molecule has 0 aromatic heterocycles. The Morgan fingerprint density at radius 2 is 2.08 bits per heavy atom. The van der Waals surface area contributed by atoms with Crippen molar-refractivity contribution in [3.05, 3.63) is 12.8 Å². The van der Waals surface area contributed by atoms with E-state index in [1.807, 2.05) is 0 Å². The summed E-state index contributed by atoms with van der Waals surface area (Å²) in [7, 11) is 0. The van der Waals surface area contributed by atoms with Gasteiger partial charge in [-0.25, -0.2) is 0 Å². The Morgan fingerprint density at radius 3 is 2.46 bits per heavy atom. The Balaban J connectivity index is 2.27. The third-order valence-corrected chi connectivity index (χ3v) is 4.97. The number of hydrogen-bond acceptors (Lipinski definition) is 1. The lowest BCUT2D eigenvalue weighted by atomic mass is 9.70. The molecule has 2 saturated carbocycles. The first-order valence-corrected chi connectivity index (χ1v) is 5.29. The zero-order valence-corrected chi connectivity index (χ0v) is 8.97. The first-order chi connectivity index (χ1) is 6.02. The van der Waals surface area contributed by atoms with E-state index in [-0.39, 0.29) is 0 Å². The van der Waals surface area contributed by atoms with Crippen molar-refractivity contribution >= 4 is 0 Å². The van der Waals surface area contributed by atoms with Crippen molar-refractivity contribution in [2.75, 3.05) is 0 Å². The second-order valence-electron chi connectivity index (χ2n) is 5.40. The van der Waals surface area contributed by atoms with Crippen LogP contribution in [0.4, 0.5) is 0 Å².